The van der Waals surface area contributed by atoms with Gasteiger partial charge in [0.05, 0.1) is 29.8 Å². The molecule has 0 saturated carbocycles. The van der Waals surface area contributed by atoms with E-state index in [1.54, 1.807) is 6.07 Å². The van der Waals surface area contributed by atoms with Crippen molar-refractivity contribution in [3.63, 3.8) is 0 Å². The van der Waals surface area contributed by atoms with Crippen LogP contribution in [0, 0.1) is 5.82 Å². The van der Waals surface area contributed by atoms with Gasteiger partial charge in [-0.25, -0.2) is 13.8 Å². The summed E-state index contributed by atoms with van der Waals surface area (Å²) < 4.78 is 19.4. The molecule has 4 rings (SSSR count). The van der Waals surface area contributed by atoms with Gasteiger partial charge in [0.1, 0.15) is 5.82 Å². The highest BCUT2D eigenvalue weighted by Gasteiger charge is 2.13. The van der Waals surface area contributed by atoms with Gasteiger partial charge in [0.15, 0.2) is 0 Å². The molecule has 1 fully saturated rings. The Morgan fingerprint density at radius 2 is 1.84 bits per heavy atom. The van der Waals surface area contributed by atoms with Crippen LogP contribution in [0.3, 0.4) is 0 Å². The highest BCUT2D eigenvalue weighted by molar-refractivity contribution is 5.97. The molecule has 3 aromatic rings. The third-order valence-corrected chi connectivity index (χ3v) is 5.29. The Kier molecular flexibility index (Phi) is 6.24. The summed E-state index contributed by atoms with van der Waals surface area (Å²) in [6.45, 7) is 4.70. The first-order valence-corrected chi connectivity index (χ1v) is 10.2. The van der Waals surface area contributed by atoms with Crippen molar-refractivity contribution in [2.24, 2.45) is 0 Å². The molecule has 0 spiro atoms. The van der Waals surface area contributed by atoms with E-state index in [2.05, 4.69) is 15.2 Å². The monoisotopic (exact) mass is 426 g/mol. The molecule has 0 atom stereocenters. The zero-order valence-electron chi connectivity index (χ0n) is 16.9. The molecule has 1 amide bonds. The fraction of sp³-hybridized carbons (Fsp3) is 0.318. The lowest BCUT2D eigenvalue weighted by Gasteiger charge is -2.26. The summed E-state index contributed by atoms with van der Waals surface area (Å²) in [5.74, 6) is -0.734. The van der Waals surface area contributed by atoms with Gasteiger partial charge >= 0.3 is 5.69 Å². The lowest BCUT2D eigenvalue weighted by atomic mass is 10.1. The second-order valence-electron chi connectivity index (χ2n) is 7.37. The van der Waals surface area contributed by atoms with Crippen LogP contribution in [0.15, 0.2) is 52.1 Å². The largest absolute Gasteiger partial charge is 0.379 e. The Morgan fingerprint density at radius 1 is 1.10 bits per heavy atom. The first-order chi connectivity index (χ1) is 15.0. The van der Waals surface area contributed by atoms with E-state index >= 15 is 0 Å². The number of ether oxygens (including phenoxy) is 1. The quantitative estimate of drug-likeness (QED) is 0.579. The molecule has 2 N–H and O–H groups in total. The summed E-state index contributed by atoms with van der Waals surface area (Å²) in [4.78, 5) is 42.7. The fourth-order valence-corrected chi connectivity index (χ4v) is 3.62. The Labute approximate surface area is 177 Å². The number of carbonyl (C=O) groups is 1. The van der Waals surface area contributed by atoms with Crippen molar-refractivity contribution in [3.8, 4) is 5.69 Å². The van der Waals surface area contributed by atoms with Gasteiger partial charge in [-0.1, -0.05) is 0 Å². The summed E-state index contributed by atoms with van der Waals surface area (Å²) in [5.41, 5.74) is -0.311. The fourth-order valence-electron chi connectivity index (χ4n) is 3.62. The van der Waals surface area contributed by atoms with Crippen molar-refractivity contribution in [1.29, 1.82) is 0 Å². The molecule has 1 aliphatic rings. The maximum Gasteiger partial charge on any atom is 0.333 e. The van der Waals surface area contributed by atoms with Gasteiger partial charge in [0.25, 0.3) is 11.5 Å². The first-order valence-electron chi connectivity index (χ1n) is 10.2. The second kappa shape index (κ2) is 9.23. The predicted molar refractivity (Wildman–Crippen MR) is 114 cm³/mol. The number of halogens is 1. The average Bonchev–Trinajstić information content (AvgIpc) is 2.78. The van der Waals surface area contributed by atoms with Gasteiger partial charge < -0.3 is 15.0 Å². The number of nitrogens with zero attached hydrogens (tertiary/aromatic N) is 2. The van der Waals surface area contributed by atoms with Crippen LogP contribution in [0.2, 0.25) is 0 Å². The van der Waals surface area contributed by atoms with Crippen molar-refractivity contribution in [3.05, 3.63) is 74.7 Å². The molecule has 0 radical (unpaired) electrons. The highest BCUT2D eigenvalue weighted by Crippen LogP contribution is 2.11. The van der Waals surface area contributed by atoms with Crippen molar-refractivity contribution in [2.75, 3.05) is 39.4 Å². The summed E-state index contributed by atoms with van der Waals surface area (Å²) in [5, 5.41) is 3.12. The SMILES string of the molecule is O=C(NCCCN1CCOCC1)c1ccc2c(=O)n(-c3ccc(F)cc3)c(=O)[nH]c2c1. The number of hydrogen-bond acceptors (Lipinski definition) is 5. The van der Waals surface area contributed by atoms with E-state index in [1.807, 2.05) is 0 Å². The van der Waals surface area contributed by atoms with Gasteiger partial charge in [-0.05, 0) is 55.4 Å². The summed E-state index contributed by atoms with van der Waals surface area (Å²) in [7, 11) is 0. The minimum atomic E-state index is -0.660. The molecule has 1 aromatic heterocycles. The molecule has 1 saturated heterocycles. The summed E-state index contributed by atoms with van der Waals surface area (Å²) in [6, 6.07) is 9.62. The van der Waals surface area contributed by atoms with Crippen LogP contribution in [0.4, 0.5) is 4.39 Å². The standard InChI is InChI=1S/C22H23FN4O4/c23-16-3-5-17(6-4-16)27-21(29)18-7-2-15(14-19(18)25-22(27)30)20(28)24-8-1-9-26-10-12-31-13-11-26/h2-7,14H,1,8-13H2,(H,24,28)(H,25,30). The zero-order valence-corrected chi connectivity index (χ0v) is 16.9. The molecule has 162 valence electrons. The third kappa shape index (κ3) is 4.73. The molecule has 8 nitrogen and oxygen atoms in total. The number of morpholine rings is 1. The number of carbonyl (C=O) groups excluding carboxylic acids is 1. The average molecular weight is 426 g/mol. The van der Waals surface area contributed by atoms with Crippen LogP contribution in [-0.2, 0) is 4.74 Å². The van der Waals surface area contributed by atoms with Gasteiger partial charge in [-0.2, -0.15) is 0 Å². The maximum atomic E-state index is 13.2. The van der Waals surface area contributed by atoms with E-state index in [1.165, 1.54) is 36.4 Å². The highest BCUT2D eigenvalue weighted by atomic mass is 19.1. The van der Waals surface area contributed by atoms with Gasteiger partial charge in [-0.3, -0.25) is 14.5 Å². The number of aromatic nitrogens is 2. The Hall–Kier alpha value is -3.30. The van der Waals surface area contributed by atoms with Crippen molar-refractivity contribution >= 4 is 16.8 Å². The van der Waals surface area contributed by atoms with E-state index in [0.29, 0.717) is 12.1 Å². The summed E-state index contributed by atoms with van der Waals surface area (Å²) >= 11 is 0. The van der Waals surface area contributed by atoms with E-state index in [9.17, 15) is 18.8 Å². The molecule has 0 unspecified atom stereocenters. The predicted octanol–water partition coefficient (Wildman–Crippen LogP) is 1.27. The zero-order chi connectivity index (χ0) is 21.8. The van der Waals surface area contributed by atoms with Crippen LogP contribution in [-0.4, -0.2) is 59.8 Å². The number of fused-ring (bicyclic) bond motifs is 1. The maximum absolute atomic E-state index is 13.2. The van der Waals surface area contributed by atoms with Gasteiger partial charge in [0.2, 0.25) is 0 Å². The van der Waals surface area contributed by atoms with Gasteiger partial charge in [-0.15, -0.1) is 0 Å². The van der Waals surface area contributed by atoms with Crippen LogP contribution >= 0.6 is 0 Å². The number of aromatic amines is 1. The van der Waals surface area contributed by atoms with E-state index in [0.717, 1.165) is 43.8 Å². The molecule has 2 aromatic carbocycles. The lowest BCUT2D eigenvalue weighted by Crippen LogP contribution is -2.38. The van der Waals surface area contributed by atoms with Crippen LogP contribution in [0.5, 0.6) is 0 Å². The van der Waals surface area contributed by atoms with Crippen LogP contribution in [0.25, 0.3) is 16.6 Å². The minimum absolute atomic E-state index is 0.257. The molecule has 31 heavy (non-hydrogen) atoms. The normalized spacial score (nSPS) is 14.6. The van der Waals surface area contributed by atoms with Crippen molar-refractivity contribution in [2.45, 2.75) is 6.42 Å². The molecule has 0 aliphatic carbocycles. The molecule has 0 bridgehead atoms. The van der Waals surface area contributed by atoms with Crippen LogP contribution < -0.4 is 16.6 Å². The lowest BCUT2D eigenvalue weighted by molar-refractivity contribution is 0.0374. The third-order valence-electron chi connectivity index (χ3n) is 5.29. The number of H-pyrrole nitrogens is 1. The Balaban J connectivity index is 1.48. The molecule has 9 heteroatoms. The Morgan fingerprint density at radius 3 is 2.58 bits per heavy atom. The number of hydrogen-bond donors (Lipinski definition) is 2. The van der Waals surface area contributed by atoms with E-state index < -0.39 is 17.1 Å². The second-order valence-corrected chi connectivity index (χ2v) is 7.37. The van der Waals surface area contributed by atoms with E-state index in [-0.39, 0.29) is 22.5 Å². The summed E-state index contributed by atoms with van der Waals surface area (Å²) in [6.07, 6.45) is 0.818. The molecule has 1 aliphatic heterocycles. The molecular weight excluding hydrogens is 403 g/mol. The molecule has 2 heterocycles. The number of rotatable bonds is 6. The number of amides is 1. The topological polar surface area (TPSA) is 96.4 Å². The first kappa shape index (κ1) is 21.0. The van der Waals surface area contributed by atoms with E-state index in [4.69, 9.17) is 4.74 Å². The minimum Gasteiger partial charge on any atom is -0.379 e. The van der Waals surface area contributed by atoms with Gasteiger partial charge in [0, 0.05) is 25.2 Å². The smallest absolute Gasteiger partial charge is 0.333 e. The molecular formula is C22H23FN4O4. The van der Waals surface area contributed by atoms with Crippen molar-refractivity contribution < 1.29 is 13.9 Å². The number of nitrogens with one attached hydrogen (secondary N) is 2. The Bertz CT molecular complexity index is 1200. The van der Waals surface area contributed by atoms with Crippen LogP contribution in [0.1, 0.15) is 16.8 Å². The van der Waals surface area contributed by atoms with Crippen molar-refractivity contribution in [1.82, 2.24) is 19.8 Å². The number of benzene rings is 2.